The summed E-state index contributed by atoms with van der Waals surface area (Å²) in [6, 6.07) is 8.54. The van der Waals surface area contributed by atoms with Crippen LogP contribution in [0.25, 0.3) is 0 Å². The summed E-state index contributed by atoms with van der Waals surface area (Å²) in [4.78, 5) is 4.50. The molecule has 1 fully saturated rings. The third kappa shape index (κ3) is 3.73. The third-order valence-electron chi connectivity index (χ3n) is 3.66. The van der Waals surface area contributed by atoms with Gasteiger partial charge in [-0.05, 0) is 31.4 Å². The number of rotatable bonds is 6. The summed E-state index contributed by atoms with van der Waals surface area (Å²) in [5.74, 6) is 0.493. The molecule has 0 spiro atoms. The first-order valence-electron chi connectivity index (χ1n) is 6.88. The predicted octanol–water partition coefficient (Wildman–Crippen LogP) is 2.42. The minimum Gasteiger partial charge on any atom is -0.383 e. The fourth-order valence-corrected chi connectivity index (χ4v) is 3.09. The van der Waals surface area contributed by atoms with Crippen molar-refractivity contribution in [3.63, 3.8) is 0 Å². The van der Waals surface area contributed by atoms with E-state index in [-0.39, 0.29) is 11.5 Å². The molecule has 110 valence electrons. The van der Waals surface area contributed by atoms with Crippen LogP contribution in [0.4, 0.5) is 0 Å². The van der Waals surface area contributed by atoms with E-state index >= 15 is 0 Å². The van der Waals surface area contributed by atoms with Crippen LogP contribution in [-0.4, -0.2) is 32.3 Å². The molecule has 4 nitrogen and oxygen atoms in total. The highest BCUT2D eigenvalue weighted by Crippen LogP contribution is 2.50. The standard InChI is InChI=1S/C15H22BrN3O/c1-11(9-20-2)19-14(17)18-10-15(7-8-15)12-5-3-4-6-13(12)16/h3-6,11H,7-10H2,1-2H3,(H3,17,18,19). The van der Waals surface area contributed by atoms with Gasteiger partial charge < -0.3 is 15.8 Å². The van der Waals surface area contributed by atoms with E-state index in [4.69, 9.17) is 10.5 Å². The van der Waals surface area contributed by atoms with Gasteiger partial charge in [0.15, 0.2) is 5.96 Å². The zero-order chi connectivity index (χ0) is 14.6. The highest BCUT2D eigenvalue weighted by Gasteiger charge is 2.45. The van der Waals surface area contributed by atoms with Crippen molar-refractivity contribution in [2.75, 3.05) is 20.3 Å². The van der Waals surface area contributed by atoms with Crippen LogP contribution in [-0.2, 0) is 10.2 Å². The van der Waals surface area contributed by atoms with Crippen LogP contribution in [0.15, 0.2) is 33.7 Å². The van der Waals surface area contributed by atoms with Crippen molar-refractivity contribution in [3.8, 4) is 0 Å². The van der Waals surface area contributed by atoms with Gasteiger partial charge in [-0.2, -0.15) is 0 Å². The van der Waals surface area contributed by atoms with E-state index in [9.17, 15) is 0 Å². The van der Waals surface area contributed by atoms with Crippen LogP contribution in [0.3, 0.4) is 0 Å². The highest BCUT2D eigenvalue weighted by atomic mass is 79.9. The van der Waals surface area contributed by atoms with Gasteiger partial charge in [0, 0.05) is 23.0 Å². The topological polar surface area (TPSA) is 59.6 Å². The van der Waals surface area contributed by atoms with Crippen molar-refractivity contribution >= 4 is 21.9 Å². The molecule has 20 heavy (non-hydrogen) atoms. The van der Waals surface area contributed by atoms with Gasteiger partial charge in [-0.3, -0.25) is 4.99 Å². The van der Waals surface area contributed by atoms with E-state index in [1.165, 1.54) is 18.4 Å². The van der Waals surface area contributed by atoms with Crippen molar-refractivity contribution in [2.45, 2.75) is 31.2 Å². The largest absolute Gasteiger partial charge is 0.383 e. The van der Waals surface area contributed by atoms with Crippen LogP contribution in [0.2, 0.25) is 0 Å². The molecule has 3 N–H and O–H groups in total. The molecule has 0 heterocycles. The van der Waals surface area contributed by atoms with E-state index in [0.717, 1.165) is 11.0 Å². The van der Waals surface area contributed by atoms with Crippen LogP contribution in [0.5, 0.6) is 0 Å². The molecule has 0 amide bonds. The molecular formula is C15H22BrN3O. The summed E-state index contributed by atoms with van der Waals surface area (Å²) in [7, 11) is 1.68. The molecule has 1 atom stereocenters. The summed E-state index contributed by atoms with van der Waals surface area (Å²) in [5.41, 5.74) is 7.43. The fourth-order valence-electron chi connectivity index (χ4n) is 2.38. The molecule has 1 saturated carbocycles. The molecular weight excluding hydrogens is 318 g/mol. The van der Waals surface area contributed by atoms with Gasteiger partial charge in [-0.25, -0.2) is 0 Å². The Bertz CT molecular complexity index is 486. The van der Waals surface area contributed by atoms with Crippen molar-refractivity contribution < 1.29 is 4.74 Å². The quantitative estimate of drug-likeness (QED) is 0.618. The van der Waals surface area contributed by atoms with E-state index in [1.54, 1.807) is 7.11 Å². The Morgan fingerprint density at radius 2 is 2.20 bits per heavy atom. The number of hydrogen-bond acceptors (Lipinski definition) is 2. The fraction of sp³-hybridized carbons (Fsp3) is 0.533. The van der Waals surface area contributed by atoms with Crippen molar-refractivity contribution in [2.24, 2.45) is 10.7 Å². The number of nitrogens with two attached hydrogens (primary N) is 1. The minimum absolute atomic E-state index is 0.164. The number of hydrogen-bond donors (Lipinski definition) is 2. The Morgan fingerprint density at radius 1 is 1.50 bits per heavy atom. The van der Waals surface area contributed by atoms with Gasteiger partial charge in [0.05, 0.1) is 13.2 Å². The smallest absolute Gasteiger partial charge is 0.188 e. The van der Waals surface area contributed by atoms with Gasteiger partial charge in [0.25, 0.3) is 0 Å². The average molecular weight is 340 g/mol. The first-order valence-corrected chi connectivity index (χ1v) is 7.67. The molecule has 1 aromatic carbocycles. The van der Waals surface area contributed by atoms with Gasteiger partial charge >= 0.3 is 0 Å². The zero-order valence-corrected chi connectivity index (χ0v) is 13.6. The predicted molar refractivity (Wildman–Crippen MR) is 86.0 cm³/mol. The maximum Gasteiger partial charge on any atom is 0.188 e. The molecule has 1 unspecified atom stereocenters. The number of benzene rings is 1. The molecule has 1 aromatic rings. The van der Waals surface area contributed by atoms with Crippen LogP contribution >= 0.6 is 15.9 Å². The molecule has 5 heteroatoms. The zero-order valence-electron chi connectivity index (χ0n) is 12.0. The van der Waals surface area contributed by atoms with Gasteiger partial charge in [0.2, 0.25) is 0 Å². The van der Waals surface area contributed by atoms with Gasteiger partial charge in [0.1, 0.15) is 0 Å². The van der Waals surface area contributed by atoms with E-state index in [0.29, 0.717) is 12.6 Å². The number of methoxy groups -OCH3 is 1. The molecule has 1 aliphatic rings. The normalized spacial score (nSPS) is 18.6. The number of halogens is 1. The number of aliphatic imine (C=N–C) groups is 1. The molecule has 0 radical (unpaired) electrons. The Morgan fingerprint density at radius 3 is 2.80 bits per heavy atom. The van der Waals surface area contributed by atoms with Gasteiger partial charge in [-0.15, -0.1) is 0 Å². The second-order valence-electron chi connectivity index (χ2n) is 5.46. The SMILES string of the molecule is COCC(C)NC(N)=NCC1(c2ccccc2Br)CC1. The maximum atomic E-state index is 5.93. The Balaban J connectivity index is 1.98. The number of nitrogens with zero attached hydrogens (tertiary/aromatic N) is 1. The van der Waals surface area contributed by atoms with E-state index < -0.39 is 0 Å². The van der Waals surface area contributed by atoms with Crippen LogP contribution in [0.1, 0.15) is 25.3 Å². The number of ether oxygens (including phenoxy) is 1. The first-order chi connectivity index (χ1) is 9.57. The van der Waals surface area contributed by atoms with Crippen molar-refractivity contribution in [3.05, 3.63) is 34.3 Å². The second-order valence-corrected chi connectivity index (χ2v) is 6.32. The highest BCUT2D eigenvalue weighted by molar-refractivity contribution is 9.10. The summed E-state index contributed by atoms with van der Waals surface area (Å²) < 4.78 is 6.23. The first kappa shape index (κ1) is 15.3. The number of guanidine groups is 1. The van der Waals surface area contributed by atoms with E-state index in [1.807, 2.05) is 13.0 Å². The lowest BCUT2D eigenvalue weighted by Gasteiger charge is -2.17. The molecule has 2 rings (SSSR count). The lowest BCUT2D eigenvalue weighted by Crippen LogP contribution is -2.41. The Labute approximate surface area is 128 Å². The van der Waals surface area contributed by atoms with E-state index in [2.05, 4.69) is 44.4 Å². The Kier molecular flexibility index (Phi) is 5.05. The molecule has 0 bridgehead atoms. The summed E-state index contributed by atoms with van der Waals surface area (Å²) in [6.45, 7) is 3.37. The molecule has 0 aromatic heterocycles. The molecule has 0 aliphatic heterocycles. The second kappa shape index (κ2) is 6.59. The maximum absolute atomic E-state index is 5.93. The molecule has 1 aliphatic carbocycles. The third-order valence-corrected chi connectivity index (χ3v) is 4.35. The lowest BCUT2D eigenvalue weighted by molar-refractivity contribution is 0.179. The summed E-state index contributed by atoms with van der Waals surface area (Å²) in [5, 5.41) is 3.14. The summed E-state index contributed by atoms with van der Waals surface area (Å²) in [6.07, 6.45) is 2.33. The van der Waals surface area contributed by atoms with Crippen molar-refractivity contribution in [1.29, 1.82) is 0 Å². The number of nitrogens with one attached hydrogen (secondary N) is 1. The average Bonchev–Trinajstić information content (AvgIpc) is 3.18. The van der Waals surface area contributed by atoms with Crippen molar-refractivity contribution in [1.82, 2.24) is 5.32 Å². The Hall–Kier alpha value is -1.07. The van der Waals surface area contributed by atoms with Gasteiger partial charge in [-0.1, -0.05) is 34.1 Å². The summed E-state index contributed by atoms with van der Waals surface area (Å²) >= 11 is 3.63. The monoisotopic (exact) mass is 339 g/mol. The van der Waals surface area contributed by atoms with Crippen LogP contribution in [0, 0.1) is 0 Å². The lowest BCUT2D eigenvalue weighted by atomic mass is 9.96. The minimum atomic E-state index is 0.164. The molecule has 0 saturated heterocycles. The van der Waals surface area contributed by atoms with Crippen LogP contribution < -0.4 is 11.1 Å².